The molecular weight excluding hydrogens is 276 g/mol. The van der Waals surface area contributed by atoms with Crippen molar-refractivity contribution in [3.63, 3.8) is 0 Å². The second-order valence-corrected chi connectivity index (χ2v) is 7.54. The van der Waals surface area contributed by atoms with Crippen molar-refractivity contribution in [2.24, 2.45) is 0 Å². The molecule has 110 valence electrons. The van der Waals surface area contributed by atoms with E-state index in [0.717, 1.165) is 17.7 Å². The van der Waals surface area contributed by atoms with Gasteiger partial charge in [0.15, 0.2) is 9.84 Å². The van der Waals surface area contributed by atoms with E-state index >= 15 is 0 Å². The molecule has 2 N–H and O–H groups in total. The molecule has 0 spiro atoms. The summed E-state index contributed by atoms with van der Waals surface area (Å²) in [5, 5.41) is 6.02. The maximum atomic E-state index is 11.7. The number of rotatable bonds is 3. The fraction of sp³-hybridized carbons (Fsp3) is 0.500. The fourth-order valence-corrected chi connectivity index (χ4v) is 4.05. The standard InChI is InChI=1S/C14H20N2O3S/c1-10-5-6-12(15-11(2)17)8-14(10)16-13-4-3-7-20(18,19)9-13/h5-6,8,13,16H,3-4,7,9H2,1-2H3,(H,15,17). The maximum absolute atomic E-state index is 11.7. The highest BCUT2D eigenvalue weighted by Crippen LogP contribution is 2.23. The predicted octanol–water partition coefficient (Wildman–Crippen LogP) is 1.94. The van der Waals surface area contributed by atoms with E-state index in [0.29, 0.717) is 12.1 Å². The summed E-state index contributed by atoms with van der Waals surface area (Å²) in [5.41, 5.74) is 2.62. The smallest absolute Gasteiger partial charge is 0.221 e. The van der Waals surface area contributed by atoms with Crippen LogP contribution < -0.4 is 10.6 Å². The Labute approximate surface area is 119 Å². The molecule has 2 rings (SSSR count). The van der Waals surface area contributed by atoms with Crippen molar-refractivity contribution in [2.75, 3.05) is 22.1 Å². The number of aryl methyl sites for hydroxylation is 1. The molecule has 1 saturated heterocycles. The summed E-state index contributed by atoms with van der Waals surface area (Å²) in [6, 6.07) is 5.53. The van der Waals surface area contributed by atoms with E-state index in [4.69, 9.17) is 0 Å². The summed E-state index contributed by atoms with van der Waals surface area (Å²) < 4.78 is 23.3. The van der Waals surface area contributed by atoms with Gasteiger partial charge in [0.2, 0.25) is 5.91 Å². The van der Waals surface area contributed by atoms with Gasteiger partial charge in [-0.15, -0.1) is 0 Å². The topological polar surface area (TPSA) is 75.3 Å². The Balaban J connectivity index is 2.13. The van der Waals surface area contributed by atoms with Crippen LogP contribution in [0.1, 0.15) is 25.3 Å². The van der Waals surface area contributed by atoms with Crippen LogP contribution >= 0.6 is 0 Å². The Morgan fingerprint density at radius 1 is 1.35 bits per heavy atom. The Hall–Kier alpha value is -1.56. The van der Waals surface area contributed by atoms with E-state index in [2.05, 4.69) is 10.6 Å². The third-order valence-electron chi connectivity index (χ3n) is 3.38. The van der Waals surface area contributed by atoms with Crippen LogP contribution in [0.25, 0.3) is 0 Å². The predicted molar refractivity (Wildman–Crippen MR) is 80.8 cm³/mol. The molecule has 1 unspecified atom stereocenters. The average molecular weight is 296 g/mol. The largest absolute Gasteiger partial charge is 0.381 e. The molecule has 1 aliphatic heterocycles. The summed E-state index contributed by atoms with van der Waals surface area (Å²) in [4.78, 5) is 11.1. The molecule has 0 aliphatic carbocycles. The number of sulfone groups is 1. The van der Waals surface area contributed by atoms with Gasteiger partial charge in [0, 0.05) is 24.3 Å². The Morgan fingerprint density at radius 2 is 2.10 bits per heavy atom. The van der Waals surface area contributed by atoms with Crippen LogP contribution in [-0.2, 0) is 14.6 Å². The number of nitrogens with one attached hydrogen (secondary N) is 2. The summed E-state index contributed by atoms with van der Waals surface area (Å²) in [7, 11) is -2.93. The quantitative estimate of drug-likeness (QED) is 0.894. The summed E-state index contributed by atoms with van der Waals surface area (Å²) in [5.74, 6) is 0.340. The van der Waals surface area contributed by atoms with Crippen LogP contribution in [0.3, 0.4) is 0 Å². The van der Waals surface area contributed by atoms with Gasteiger partial charge in [-0.1, -0.05) is 6.07 Å². The van der Waals surface area contributed by atoms with Crippen molar-refractivity contribution in [3.05, 3.63) is 23.8 Å². The van der Waals surface area contributed by atoms with Gasteiger partial charge in [-0.3, -0.25) is 4.79 Å². The molecule has 1 aromatic carbocycles. The van der Waals surface area contributed by atoms with Crippen LogP contribution in [0, 0.1) is 6.92 Å². The number of carbonyl (C=O) groups is 1. The van der Waals surface area contributed by atoms with Crippen molar-refractivity contribution in [2.45, 2.75) is 32.7 Å². The van der Waals surface area contributed by atoms with Crippen LogP contribution in [0.15, 0.2) is 18.2 Å². The van der Waals surface area contributed by atoms with Crippen LogP contribution in [-0.4, -0.2) is 31.9 Å². The molecule has 0 aromatic heterocycles. The second kappa shape index (κ2) is 5.83. The first kappa shape index (κ1) is 14.8. The first-order chi connectivity index (χ1) is 9.35. The maximum Gasteiger partial charge on any atom is 0.221 e. The molecule has 1 atom stereocenters. The molecule has 0 radical (unpaired) electrons. The minimum atomic E-state index is -2.93. The molecule has 20 heavy (non-hydrogen) atoms. The summed E-state index contributed by atoms with van der Waals surface area (Å²) in [6.45, 7) is 3.41. The van der Waals surface area contributed by atoms with Crippen LogP contribution in [0.5, 0.6) is 0 Å². The third kappa shape index (κ3) is 3.96. The third-order valence-corrected chi connectivity index (χ3v) is 5.20. The highest BCUT2D eigenvalue weighted by molar-refractivity contribution is 7.91. The van der Waals surface area contributed by atoms with E-state index in [1.165, 1.54) is 6.92 Å². The van der Waals surface area contributed by atoms with Crippen LogP contribution in [0.2, 0.25) is 0 Å². The molecule has 1 aromatic rings. The first-order valence-electron chi connectivity index (χ1n) is 6.71. The first-order valence-corrected chi connectivity index (χ1v) is 8.53. The van der Waals surface area contributed by atoms with Gasteiger partial charge in [-0.05, 0) is 37.5 Å². The average Bonchev–Trinajstić information content (AvgIpc) is 2.31. The SMILES string of the molecule is CC(=O)Nc1ccc(C)c(NC2CCCS(=O)(=O)C2)c1. The Kier molecular flexibility index (Phi) is 4.32. The van der Waals surface area contributed by atoms with E-state index in [1.54, 1.807) is 0 Å². The summed E-state index contributed by atoms with van der Waals surface area (Å²) in [6.07, 6.45) is 1.55. The normalized spacial score (nSPS) is 21.2. The van der Waals surface area contributed by atoms with Crippen molar-refractivity contribution in [1.29, 1.82) is 0 Å². The van der Waals surface area contributed by atoms with Gasteiger partial charge in [0.05, 0.1) is 11.5 Å². The molecular formula is C14H20N2O3S. The highest BCUT2D eigenvalue weighted by Gasteiger charge is 2.24. The number of carbonyl (C=O) groups excluding carboxylic acids is 1. The number of anilines is 2. The van der Waals surface area contributed by atoms with Gasteiger partial charge in [-0.25, -0.2) is 8.42 Å². The molecule has 1 fully saturated rings. The Morgan fingerprint density at radius 3 is 2.75 bits per heavy atom. The zero-order valence-electron chi connectivity index (χ0n) is 11.8. The lowest BCUT2D eigenvalue weighted by Gasteiger charge is -2.25. The minimum absolute atomic E-state index is 0.0555. The monoisotopic (exact) mass is 296 g/mol. The van der Waals surface area contributed by atoms with Crippen molar-refractivity contribution < 1.29 is 13.2 Å². The second-order valence-electron chi connectivity index (χ2n) is 5.31. The van der Waals surface area contributed by atoms with Gasteiger partial charge in [0.25, 0.3) is 0 Å². The van der Waals surface area contributed by atoms with Crippen molar-refractivity contribution >= 4 is 27.1 Å². The molecule has 0 saturated carbocycles. The van der Waals surface area contributed by atoms with E-state index < -0.39 is 9.84 Å². The van der Waals surface area contributed by atoms with Gasteiger partial charge < -0.3 is 10.6 Å². The van der Waals surface area contributed by atoms with Gasteiger partial charge in [0.1, 0.15) is 0 Å². The van der Waals surface area contributed by atoms with E-state index in [1.807, 2.05) is 25.1 Å². The molecule has 0 bridgehead atoms. The number of amides is 1. The van der Waals surface area contributed by atoms with Gasteiger partial charge in [-0.2, -0.15) is 0 Å². The lowest BCUT2D eigenvalue weighted by atomic mass is 10.1. The molecule has 1 heterocycles. The fourth-order valence-electron chi connectivity index (χ4n) is 2.42. The number of hydrogen-bond acceptors (Lipinski definition) is 4. The molecule has 1 amide bonds. The van der Waals surface area contributed by atoms with Crippen molar-refractivity contribution in [3.8, 4) is 0 Å². The van der Waals surface area contributed by atoms with Crippen LogP contribution in [0.4, 0.5) is 11.4 Å². The molecule has 1 aliphatic rings. The molecule has 6 heteroatoms. The lowest BCUT2D eigenvalue weighted by Crippen LogP contribution is -2.35. The minimum Gasteiger partial charge on any atom is -0.381 e. The van der Waals surface area contributed by atoms with Gasteiger partial charge >= 0.3 is 0 Å². The van der Waals surface area contributed by atoms with E-state index in [-0.39, 0.29) is 23.5 Å². The highest BCUT2D eigenvalue weighted by atomic mass is 32.2. The number of hydrogen-bond donors (Lipinski definition) is 2. The summed E-state index contributed by atoms with van der Waals surface area (Å²) >= 11 is 0. The number of benzene rings is 1. The van der Waals surface area contributed by atoms with E-state index in [9.17, 15) is 13.2 Å². The zero-order valence-corrected chi connectivity index (χ0v) is 12.6. The Bertz CT molecular complexity index is 611. The molecule has 5 nitrogen and oxygen atoms in total. The zero-order chi connectivity index (χ0) is 14.8. The van der Waals surface area contributed by atoms with Crippen molar-refractivity contribution in [1.82, 2.24) is 0 Å². The lowest BCUT2D eigenvalue weighted by molar-refractivity contribution is -0.114.